The number of anilines is 1. The largest absolute Gasteiger partial charge is 0.573 e. The molecule has 3 nitrogen and oxygen atoms in total. The highest BCUT2D eigenvalue weighted by molar-refractivity contribution is 9.10. The molecule has 0 amide bonds. The number of benzene rings is 1. The molecule has 0 aliphatic carbocycles. The van der Waals surface area contributed by atoms with E-state index in [1.807, 2.05) is 0 Å². The first kappa shape index (κ1) is 13.0. The minimum atomic E-state index is -4.72. The van der Waals surface area contributed by atoms with Gasteiger partial charge in [-0.25, -0.2) is 0 Å². The van der Waals surface area contributed by atoms with Crippen LogP contribution < -0.4 is 15.8 Å². The molecule has 0 radical (unpaired) electrons. The number of hydrogen-bond acceptors (Lipinski definition) is 2. The van der Waals surface area contributed by atoms with Crippen molar-refractivity contribution >= 4 is 38.9 Å². The average Bonchev–Trinajstić information content (AvgIpc) is 2.06. The Hall–Kier alpha value is -1.02. The van der Waals surface area contributed by atoms with Crippen molar-refractivity contribution in [3.05, 3.63) is 22.7 Å². The second kappa shape index (κ2) is 4.88. The van der Waals surface area contributed by atoms with Crippen molar-refractivity contribution in [3.8, 4) is 5.75 Å². The van der Waals surface area contributed by atoms with Crippen molar-refractivity contribution in [2.45, 2.75) is 6.36 Å². The fraction of sp³-hybridized carbons (Fsp3) is 0.125. The minimum absolute atomic E-state index is 0.0244. The summed E-state index contributed by atoms with van der Waals surface area (Å²) in [5.74, 6) is -0.332. The maximum absolute atomic E-state index is 11.9. The van der Waals surface area contributed by atoms with E-state index in [9.17, 15) is 13.2 Å². The van der Waals surface area contributed by atoms with E-state index in [-0.39, 0.29) is 15.3 Å². The topological polar surface area (TPSA) is 47.3 Å². The van der Waals surface area contributed by atoms with Crippen LogP contribution in [0.15, 0.2) is 22.7 Å². The molecule has 0 bridgehead atoms. The third kappa shape index (κ3) is 4.23. The number of nitrogens with two attached hydrogens (primary N) is 1. The maximum Gasteiger partial charge on any atom is 0.573 e. The van der Waals surface area contributed by atoms with Crippen LogP contribution >= 0.6 is 28.1 Å². The molecule has 0 spiro atoms. The van der Waals surface area contributed by atoms with Crippen molar-refractivity contribution in [2.75, 3.05) is 5.32 Å². The molecule has 1 aromatic rings. The Morgan fingerprint density at radius 1 is 1.44 bits per heavy atom. The lowest BCUT2D eigenvalue weighted by atomic mass is 10.3. The Kier molecular flexibility index (Phi) is 3.98. The van der Waals surface area contributed by atoms with Gasteiger partial charge in [0.1, 0.15) is 5.75 Å². The number of ether oxygens (including phenoxy) is 1. The van der Waals surface area contributed by atoms with Crippen molar-refractivity contribution in [1.82, 2.24) is 0 Å². The first-order valence-electron chi connectivity index (χ1n) is 3.90. The maximum atomic E-state index is 11.9. The summed E-state index contributed by atoms with van der Waals surface area (Å²) in [5.41, 5.74) is 5.67. The van der Waals surface area contributed by atoms with E-state index in [0.717, 1.165) is 6.07 Å². The molecule has 0 fully saturated rings. The lowest BCUT2D eigenvalue weighted by molar-refractivity contribution is -0.274. The Morgan fingerprint density at radius 2 is 2.06 bits per heavy atom. The van der Waals surface area contributed by atoms with Crippen LogP contribution in [0.1, 0.15) is 0 Å². The van der Waals surface area contributed by atoms with Crippen LogP contribution in [-0.4, -0.2) is 11.5 Å². The summed E-state index contributed by atoms with van der Waals surface area (Å²) >= 11 is 7.52. The molecule has 8 heteroatoms. The zero-order valence-electron chi connectivity index (χ0n) is 7.64. The Morgan fingerprint density at radius 3 is 2.50 bits per heavy atom. The average molecular weight is 315 g/mol. The molecule has 0 atom stereocenters. The molecule has 0 unspecified atom stereocenters. The van der Waals surface area contributed by atoms with Crippen molar-refractivity contribution in [1.29, 1.82) is 0 Å². The molecule has 3 N–H and O–H groups in total. The van der Waals surface area contributed by atoms with E-state index in [4.69, 9.17) is 5.73 Å². The fourth-order valence-electron chi connectivity index (χ4n) is 0.928. The summed E-state index contributed by atoms with van der Waals surface area (Å²) in [6, 6.07) is 3.89. The van der Waals surface area contributed by atoms with Gasteiger partial charge in [-0.05, 0) is 46.3 Å². The second-order valence-electron chi connectivity index (χ2n) is 2.68. The van der Waals surface area contributed by atoms with Gasteiger partial charge in [0.15, 0.2) is 5.11 Å². The van der Waals surface area contributed by atoms with Crippen LogP contribution in [0.5, 0.6) is 5.75 Å². The van der Waals surface area contributed by atoms with E-state index < -0.39 is 6.36 Å². The van der Waals surface area contributed by atoms with Crippen LogP contribution in [0.4, 0.5) is 18.9 Å². The molecule has 88 valence electrons. The summed E-state index contributed by atoms with van der Waals surface area (Å²) in [6.45, 7) is 0. The van der Waals surface area contributed by atoms with Gasteiger partial charge in [0, 0.05) is 5.69 Å². The number of alkyl halides is 3. The van der Waals surface area contributed by atoms with Gasteiger partial charge in [0.25, 0.3) is 0 Å². The van der Waals surface area contributed by atoms with Crippen LogP contribution in [-0.2, 0) is 0 Å². The first-order valence-corrected chi connectivity index (χ1v) is 5.10. The molecule has 0 saturated heterocycles. The third-order valence-corrected chi connectivity index (χ3v) is 2.15. The lowest BCUT2D eigenvalue weighted by Crippen LogP contribution is -2.19. The number of thiocarbonyl (C=S) groups is 1. The third-order valence-electron chi connectivity index (χ3n) is 1.43. The quantitative estimate of drug-likeness (QED) is 0.824. The normalized spacial score (nSPS) is 11.0. The minimum Gasteiger partial charge on any atom is -0.405 e. The number of hydrogen-bond donors (Lipinski definition) is 2. The van der Waals surface area contributed by atoms with Gasteiger partial charge in [-0.15, -0.1) is 13.2 Å². The monoisotopic (exact) mass is 314 g/mol. The standard InChI is InChI=1S/C8H6BrF3N2OS/c9-5-3-4(14-7(13)16)1-2-6(5)15-8(10,11)12/h1-3H,(H3,13,14,16). The van der Waals surface area contributed by atoms with Crippen molar-refractivity contribution in [3.63, 3.8) is 0 Å². The molecule has 0 aromatic heterocycles. The molecule has 0 heterocycles. The van der Waals surface area contributed by atoms with Gasteiger partial charge in [-0.2, -0.15) is 0 Å². The highest BCUT2D eigenvalue weighted by atomic mass is 79.9. The molecule has 0 aliphatic heterocycles. The lowest BCUT2D eigenvalue weighted by Gasteiger charge is -2.11. The Balaban J connectivity index is 2.87. The van der Waals surface area contributed by atoms with Gasteiger partial charge in [-0.3, -0.25) is 0 Å². The van der Waals surface area contributed by atoms with Crippen LogP contribution in [0.3, 0.4) is 0 Å². The van der Waals surface area contributed by atoms with Gasteiger partial charge >= 0.3 is 6.36 Å². The number of rotatable bonds is 2. The van der Waals surface area contributed by atoms with E-state index in [0.29, 0.717) is 5.69 Å². The predicted octanol–water partition coefficient (Wildman–Crippen LogP) is 3.00. The SMILES string of the molecule is NC(=S)Nc1ccc(OC(F)(F)F)c(Br)c1. The summed E-state index contributed by atoms with van der Waals surface area (Å²) in [4.78, 5) is 0. The zero-order chi connectivity index (χ0) is 12.3. The van der Waals surface area contributed by atoms with Crippen molar-refractivity contribution in [2.24, 2.45) is 5.73 Å². The van der Waals surface area contributed by atoms with Gasteiger partial charge in [0.2, 0.25) is 0 Å². The van der Waals surface area contributed by atoms with Crippen LogP contribution in [0, 0.1) is 0 Å². The van der Waals surface area contributed by atoms with Gasteiger partial charge < -0.3 is 15.8 Å². The second-order valence-corrected chi connectivity index (χ2v) is 3.98. The highest BCUT2D eigenvalue weighted by Crippen LogP contribution is 2.32. The molecule has 0 saturated carbocycles. The summed E-state index contributed by atoms with van der Waals surface area (Å²) in [5, 5.41) is 2.60. The molecule has 1 aromatic carbocycles. The van der Waals surface area contributed by atoms with E-state index in [1.54, 1.807) is 0 Å². The molecule has 1 rings (SSSR count). The van der Waals surface area contributed by atoms with Gasteiger partial charge in [0.05, 0.1) is 4.47 Å². The molecule has 0 aliphatic rings. The molecular formula is C8H6BrF3N2OS. The van der Waals surface area contributed by atoms with E-state index in [1.165, 1.54) is 12.1 Å². The number of nitrogens with one attached hydrogen (secondary N) is 1. The summed E-state index contributed by atoms with van der Waals surface area (Å²) in [7, 11) is 0. The number of halogens is 4. The van der Waals surface area contributed by atoms with Crippen LogP contribution in [0.25, 0.3) is 0 Å². The van der Waals surface area contributed by atoms with Crippen molar-refractivity contribution < 1.29 is 17.9 Å². The summed E-state index contributed by atoms with van der Waals surface area (Å²) in [6.07, 6.45) is -4.72. The smallest absolute Gasteiger partial charge is 0.405 e. The van der Waals surface area contributed by atoms with E-state index >= 15 is 0 Å². The molecule has 16 heavy (non-hydrogen) atoms. The fourth-order valence-corrected chi connectivity index (χ4v) is 1.51. The Labute approximate surface area is 103 Å². The zero-order valence-corrected chi connectivity index (χ0v) is 10.0. The van der Waals surface area contributed by atoms with Gasteiger partial charge in [-0.1, -0.05) is 0 Å². The predicted molar refractivity (Wildman–Crippen MR) is 61.2 cm³/mol. The Bertz CT molecular complexity index is 411. The first-order chi connectivity index (χ1) is 7.28. The van der Waals surface area contributed by atoms with E-state index in [2.05, 4.69) is 38.2 Å². The molecular weight excluding hydrogens is 309 g/mol. The highest BCUT2D eigenvalue weighted by Gasteiger charge is 2.31. The van der Waals surface area contributed by atoms with Crippen LogP contribution in [0.2, 0.25) is 0 Å². The summed E-state index contributed by atoms with van der Waals surface area (Å²) < 4.78 is 39.7.